The lowest BCUT2D eigenvalue weighted by atomic mass is 11.7. The first-order valence-corrected chi connectivity index (χ1v) is 4.02. The Bertz CT molecular complexity index is 162. The largest absolute Gasteiger partial charge is 0.238 e. The van der Waals surface area contributed by atoms with Crippen molar-refractivity contribution in [3.8, 4) is 0 Å². The third kappa shape index (κ3) is 5.75. The van der Waals surface area contributed by atoms with Gasteiger partial charge in [0.2, 0.25) is 0 Å². The second-order valence-electron chi connectivity index (χ2n) is 2.67. The van der Waals surface area contributed by atoms with E-state index in [9.17, 15) is 0 Å². The Kier molecular flexibility index (Phi) is 7.35. The zero-order valence-corrected chi connectivity index (χ0v) is 9.33. The van der Waals surface area contributed by atoms with Gasteiger partial charge in [0.15, 0.2) is 0 Å². The lowest BCUT2D eigenvalue weighted by Crippen LogP contribution is -2.79. The van der Waals surface area contributed by atoms with E-state index in [1.54, 1.807) is 0 Å². The minimum atomic E-state index is 0.469. The molecular weight excluding hydrogens is 252 g/mol. The van der Waals surface area contributed by atoms with Gasteiger partial charge < -0.3 is 0 Å². The molecule has 0 aromatic heterocycles. The van der Waals surface area contributed by atoms with Crippen molar-refractivity contribution >= 4 is 0 Å². The average Bonchev–Trinajstić information content (AvgIpc) is 2.20. The topological polar surface area (TPSA) is 281 Å². The Morgan fingerprint density at radius 3 is 0.833 bits per heavy atom. The van der Waals surface area contributed by atoms with E-state index in [1.807, 2.05) is 0 Å². The van der Waals surface area contributed by atoms with E-state index >= 15 is 0 Å². The first-order valence-electron chi connectivity index (χ1n) is 4.02. The van der Waals surface area contributed by atoms with Crippen LogP contribution < -0.4 is 63.7 Å². The van der Waals surface area contributed by atoms with E-state index < -0.39 is 0 Å². The maximum atomic E-state index is 5.40. The van der Waals surface area contributed by atoms with Crippen LogP contribution in [0.3, 0.4) is 0 Å². The molecular formula is H20N18. The van der Waals surface area contributed by atoms with Gasteiger partial charge in [0.1, 0.15) is 0 Å². The summed E-state index contributed by atoms with van der Waals surface area (Å²) in [5.41, 5.74) is 4.45. The van der Waals surface area contributed by atoms with Gasteiger partial charge >= 0.3 is 0 Å². The molecule has 0 unspecified atom stereocenters. The molecule has 0 fully saturated rings. The molecule has 18 nitrogen and oxygen atoms in total. The molecule has 0 aromatic rings. The molecule has 18 heteroatoms. The van der Waals surface area contributed by atoms with Gasteiger partial charge in [0, 0.05) is 0 Å². The van der Waals surface area contributed by atoms with Gasteiger partial charge in [-0.2, -0.15) is 0 Å². The van der Waals surface area contributed by atoms with Gasteiger partial charge in [-0.05, 0) is 10.5 Å². The normalized spacial score (nSPS) is 13.3. The van der Waals surface area contributed by atoms with Gasteiger partial charge in [0.25, 0.3) is 0 Å². The Labute approximate surface area is 101 Å². The Hall–Kier alpha value is -0.720. The standard InChI is InChI=1S/H20N18/c1-12(2)17(13(3)4)10-16(9)11-18(14(5)6)15(7)8/h10-11H,1-9H2. The van der Waals surface area contributed by atoms with Crippen LogP contribution in [0.4, 0.5) is 0 Å². The molecule has 0 spiro atoms. The lowest BCUT2D eigenvalue weighted by molar-refractivity contribution is -0.324. The number of hydrogen-bond acceptors (Lipinski definition) is 18. The summed E-state index contributed by atoms with van der Waals surface area (Å²) < 4.78 is 0. The van der Waals surface area contributed by atoms with Crippen molar-refractivity contribution < 1.29 is 0 Å². The summed E-state index contributed by atoms with van der Waals surface area (Å²) in [4.78, 5) is 0. The summed E-state index contributed by atoms with van der Waals surface area (Å²) in [5, 5.41) is 3.82. The van der Waals surface area contributed by atoms with Gasteiger partial charge in [0.05, 0.1) is 0 Å². The SMILES string of the molecule is NN(NN(N(N)N)N(N)N)NN(N(N)N)N(N)N. The third-order valence-electron chi connectivity index (χ3n) is 1.27. The number of nitrogens with one attached hydrogen (secondary N) is 2. The number of hydrogen-bond donors (Lipinski definition) is 11. The molecule has 20 N–H and O–H groups in total. The van der Waals surface area contributed by atoms with Gasteiger partial charge in [-0.15, -0.1) is 11.1 Å². The average molecular weight is 272 g/mol. The monoisotopic (exact) mass is 272 g/mol. The van der Waals surface area contributed by atoms with Crippen LogP contribution in [0.25, 0.3) is 0 Å². The second kappa shape index (κ2) is 7.66. The van der Waals surface area contributed by atoms with Crippen molar-refractivity contribution in [3.05, 3.63) is 0 Å². The fraction of sp³-hybridized carbons (Fsp3) is 0. The van der Waals surface area contributed by atoms with E-state index in [4.69, 9.17) is 52.6 Å². The summed E-state index contributed by atoms with van der Waals surface area (Å²) in [7, 11) is 0. The second-order valence-corrected chi connectivity index (χ2v) is 2.67. The first-order chi connectivity index (χ1) is 8.16. The fourth-order valence-electron chi connectivity index (χ4n) is 0.660. The van der Waals surface area contributed by atoms with Crippen molar-refractivity contribution in [2.45, 2.75) is 0 Å². The summed E-state index contributed by atoms with van der Waals surface area (Å²) in [6.45, 7) is 0. The van der Waals surface area contributed by atoms with E-state index in [2.05, 4.69) is 11.1 Å². The van der Waals surface area contributed by atoms with Crippen LogP contribution in [0.5, 0.6) is 0 Å². The molecule has 0 aromatic carbocycles. The minimum Gasteiger partial charge on any atom is -0.238 e. The third-order valence-corrected chi connectivity index (χ3v) is 1.27. The molecule has 0 aliphatic rings. The fourth-order valence-corrected chi connectivity index (χ4v) is 0.660. The Morgan fingerprint density at radius 1 is 0.444 bits per heavy atom. The minimum absolute atomic E-state index is 0.469. The van der Waals surface area contributed by atoms with E-state index in [0.717, 1.165) is 0 Å². The summed E-state index contributed by atoms with van der Waals surface area (Å²) in [6, 6.07) is 0. The Balaban J connectivity index is 4.42. The van der Waals surface area contributed by atoms with Crippen molar-refractivity contribution in [1.82, 2.24) is 47.7 Å². The summed E-state index contributed by atoms with van der Waals surface area (Å²) >= 11 is 0. The lowest BCUT2D eigenvalue weighted by Gasteiger charge is -2.37. The maximum Gasteiger partial charge on any atom is -0.0327 e. The van der Waals surface area contributed by atoms with Crippen LogP contribution in [0.1, 0.15) is 0 Å². The molecule has 0 saturated carbocycles. The molecule has 0 rings (SSSR count). The van der Waals surface area contributed by atoms with Crippen LogP contribution in [0, 0.1) is 0 Å². The van der Waals surface area contributed by atoms with Crippen molar-refractivity contribution in [2.75, 3.05) is 0 Å². The zero-order valence-electron chi connectivity index (χ0n) is 9.33. The van der Waals surface area contributed by atoms with E-state index in [0.29, 0.717) is 36.6 Å². The molecule has 0 heterocycles. The highest BCUT2D eigenvalue weighted by molar-refractivity contribution is 4.26. The molecule has 0 saturated heterocycles. The summed E-state index contributed by atoms with van der Waals surface area (Å²) in [5.74, 6) is 46.7. The highest BCUT2D eigenvalue weighted by Crippen LogP contribution is 1.82. The van der Waals surface area contributed by atoms with Crippen molar-refractivity contribution in [3.63, 3.8) is 0 Å². The van der Waals surface area contributed by atoms with E-state index in [1.165, 1.54) is 0 Å². The molecule has 0 aliphatic carbocycles. The number of rotatable bonds is 8. The van der Waals surface area contributed by atoms with Gasteiger partial charge in [-0.25, -0.2) is 52.6 Å². The highest BCUT2D eigenvalue weighted by Gasteiger charge is 2.19. The van der Waals surface area contributed by atoms with Crippen LogP contribution in [0.15, 0.2) is 0 Å². The molecule has 110 valence electrons. The molecule has 18 heavy (non-hydrogen) atoms. The molecule has 0 atom stereocenters. The highest BCUT2D eigenvalue weighted by atomic mass is 16.3. The molecule has 0 radical (unpaired) electrons. The predicted octanol–water partition coefficient (Wildman–Crippen LogP) is -8.54. The molecule has 0 aliphatic heterocycles. The Morgan fingerprint density at radius 2 is 0.667 bits per heavy atom. The quantitative estimate of drug-likeness (QED) is 0.144. The number of hydrazine groups is 17. The number of nitrogens with two attached hydrogens (primary N) is 9. The summed E-state index contributed by atoms with van der Waals surface area (Å²) in [6.07, 6.45) is 0. The zero-order chi connectivity index (χ0) is 14.5. The van der Waals surface area contributed by atoms with Crippen LogP contribution in [-0.4, -0.2) is 36.6 Å². The molecule has 0 amide bonds. The van der Waals surface area contributed by atoms with E-state index in [-0.39, 0.29) is 0 Å². The van der Waals surface area contributed by atoms with Crippen molar-refractivity contribution in [2.24, 2.45) is 52.6 Å². The maximum absolute atomic E-state index is 5.40. The molecule has 0 bridgehead atoms. The van der Waals surface area contributed by atoms with Crippen LogP contribution >= 0.6 is 0 Å². The van der Waals surface area contributed by atoms with Gasteiger partial charge in [-0.1, -0.05) is 26.1 Å². The van der Waals surface area contributed by atoms with Crippen molar-refractivity contribution in [1.29, 1.82) is 0 Å². The number of nitrogens with zero attached hydrogens (tertiary/aromatic N) is 7. The van der Waals surface area contributed by atoms with Crippen LogP contribution in [-0.2, 0) is 0 Å². The predicted molar refractivity (Wildman–Crippen MR) is 56.8 cm³/mol. The van der Waals surface area contributed by atoms with Crippen LogP contribution in [0.2, 0.25) is 0 Å². The van der Waals surface area contributed by atoms with Gasteiger partial charge in [-0.3, -0.25) is 0 Å². The smallest absolute Gasteiger partial charge is 0.0327 e. The first kappa shape index (κ1) is 17.3.